The summed E-state index contributed by atoms with van der Waals surface area (Å²) >= 11 is 2.19. The summed E-state index contributed by atoms with van der Waals surface area (Å²) in [6, 6.07) is 0. The maximum absolute atomic E-state index is 12.2. The first-order valence-corrected chi connectivity index (χ1v) is 8.78. The lowest BCUT2D eigenvalue weighted by Gasteiger charge is -2.22. The lowest BCUT2D eigenvalue weighted by Crippen LogP contribution is -2.33. The molecular formula is C16H22IN5O2. The van der Waals surface area contributed by atoms with Crippen LogP contribution >= 0.6 is 22.6 Å². The largest absolute Gasteiger partial charge is 0.455 e. The molecule has 0 fully saturated rings. The fourth-order valence-corrected chi connectivity index (χ4v) is 3.25. The first kappa shape index (κ1) is 18.6. The van der Waals surface area contributed by atoms with Crippen molar-refractivity contribution >= 4 is 51.1 Å². The molecule has 1 unspecified atom stereocenters. The zero-order valence-corrected chi connectivity index (χ0v) is 16.4. The average molecular weight is 443 g/mol. The Balaban J connectivity index is 2.27. The molecule has 8 heteroatoms. The summed E-state index contributed by atoms with van der Waals surface area (Å²) in [5.41, 5.74) is 6.00. The first-order valence-electron chi connectivity index (χ1n) is 7.70. The molecule has 2 rings (SSSR count). The smallest absolute Gasteiger partial charge is 0.352 e. The number of hydrogen-bond acceptors (Lipinski definition) is 6. The van der Waals surface area contributed by atoms with Crippen molar-refractivity contribution in [1.29, 1.82) is 5.41 Å². The molecule has 0 saturated heterocycles. The van der Waals surface area contributed by atoms with E-state index >= 15 is 0 Å². The highest BCUT2D eigenvalue weighted by atomic mass is 127. The zero-order valence-electron chi connectivity index (χ0n) is 14.3. The standard InChI is InChI=1S/C16H22IN5O2/c1-5-9(12(18)15(23)24-16(2,3)4)6-22-7-10(17)11-13(19)20-8-21-14(11)22/h7-9,18H,5-6H2,1-4H3,(H2,19,20,21). The van der Waals surface area contributed by atoms with Gasteiger partial charge in [-0.2, -0.15) is 0 Å². The molecule has 2 heterocycles. The van der Waals surface area contributed by atoms with Crippen LogP contribution < -0.4 is 5.73 Å². The van der Waals surface area contributed by atoms with Gasteiger partial charge in [0, 0.05) is 22.2 Å². The van der Waals surface area contributed by atoms with Crippen molar-refractivity contribution in [3.8, 4) is 0 Å². The molecule has 0 bridgehead atoms. The molecular weight excluding hydrogens is 421 g/mol. The molecule has 0 aromatic carbocycles. The van der Waals surface area contributed by atoms with Gasteiger partial charge in [-0.3, -0.25) is 5.41 Å². The lowest BCUT2D eigenvalue weighted by atomic mass is 10.00. The number of aromatic nitrogens is 3. The van der Waals surface area contributed by atoms with Gasteiger partial charge in [-0.15, -0.1) is 0 Å². The number of rotatable bonds is 5. The summed E-state index contributed by atoms with van der Waals surface area (Å²) < 4.78 is 8.17. The number of carbonyl (C=O) groups is 1. The molecule has 7 nitrogen and oxygen atoms in total. The number of nitrogen functional groups attached to an aromatic ring is 1. The van der Waals surface area contributed by atoms with E-state index in [1.165, 1.54) is 6.33 Å². The van der Waals surface area contributed by atoms with E-state index in [2.05, 4.69) is 32.6 Å². The number of nitrogens with zero attached hydrogens (tertiary/aromatic N) is 3. The van der Waals surface area contributed by atoms with Gasteiger partial charge in [-0.1, -0.05) is 6.92 Å². The van der Waals surface area contributed by atoms with Gasteiger partial charge in [0.05, 0.1) is 5.39 Å². The number of carbonyl (C=O) groups excluding carboxylic acids is 1. The van der Waals surface area contributed by atoms with E-state index in [-0.39, 0.29) is 11.6 Å². The predicted octanol–water partition coefficient (Wildman–Crippen LogP) is 3.01. The Bertz CT molecular complexity index is 779. The van der Waals surface area contributed by atoms with Crippen molar-refractivity contribution in [2.24, 2.45) is 5.92 Å². The molecule has 0 radical (unpaired) electrons. The fraction of sp³-hybridized carbons (Fsp3) is 0.500. The van der Waals surface area contributed by atoms with Crippen LogP contribution in [0.3, 0.4) is 0 Å². The second kappa shape index (κ2) is 7.04. The minimum absolute atomic E-state index is 0.0219. The Labute approximate surface area is 154 Å². The van der Waals surface area contributed by atoms with E-state index in [9.17, 15) is 4.79 Å². The molecule has 0 aliphatic heterocycles. The number of ether oxygens (including phenoxy) is 1. The van der Waals surface area contributed by atoms with Crippen LogP contribution in [0.15, 0.2) is 12.5 Å². The van der Waals surface area contributed by atoms with Gasteiger partial charge in [0.1, 0.15) is 29.1 Å². The molecule has 0 spiro atoms. The van der Waals surface area contributed by atoms with E-state index in [0.29, 0.717) is 24.4 Å². The van der Waals surface area contributed by atoms with Gasteiger partial charge in [0.2, 0.25) is 0 Å². The summed E-state index contributed by atoms with van der Waals surface area (Å²) in [6.07, 6.45) is 3.99. The van der Waals surface area contributed by atoms with E-state index < -0.39 is 11.6 Å². The minimum atomic E-state index is -0.612. The summed E-state index contributed by atoms with van der Waals surface area (Å²) in [4.78, 5) is 20.5. The predicted molar refractivity (Wildman–Crippen MR) is 102 cm³/mol. The number of anilines is 1. The number of hydrogen-bond donors (Lipinski definition) is 2. The van der Waals surface area contributed by atoms with Crippen molar-refractivity contribution in [3.63, 3.8) is 0 Å². The highest BCUT2D eigenvalue weighted by molar-refractivity contribution is 14.1. The summed E-state index contributed by atoms with van der Waals surface area (Å²) in [6.45, 7) is 7.79. The molecule has 24 heavy (non-hydrogen) atoms. The van der Waals surface area contributed by atoms with Crippen LogP contribution in [0.1, 0.15) is 34.1 Å². The third kappa shape index (κ3) is 4.03. The second-order valence-electron chi connectivity index (χ2n) is 6.61. The van der Waals surface area contributed by atoms with Gasteiger partial charge < -0.3 is 15.0 Å². The third-order valence-corrected chi connectivity index (χ3v) is 4.39. The number of esters is 1. The minimum Gasteiger partial charge on any atom is -0.455 e. The molecule has 2 aromatic heterocycles. The number of nitrogens with two attached hydrogens (primary N) is 1. The van der Waals surface area contributed by atoms with E-state index in [0.717, 1.165) is 8.96 Å². The van der Waals surface area contributed by atoms with E-state index in [4.69, 9.17) is 15.9 Å². The van der Waals surface area contributed by atoms with Crippen LogP contribution in [0.2, 0.25) is 0 Å². The van der Waals surface area contributed by atoms with Crippen molar-refractivity contribution in [2.75, 3.05) is 5.73 Å². The second-order valence-corrected chi connectivity index (χ2v) is 7.77. The van der Waals surface area contributed by atoms with Gasteiger partial charge in [-0.25, -0.2) is 14.8 Å². The Morgan fingerprint density at radius 3 is 2.71 bits per heavy atom. The lowest BCUT2D eigenvalue weighted by molar-refractivity contribution is -0.146. The van der Waals surface area contributed by atoms with Crippen LogP contribution in [0, 0.1) is 14.9 Å². The van der Waals surface area contributed by atoms with Crippen molar-refractivity contribution in [2.45, 2.75) is 46.3 Å². The summed E-state index contributed by atoms with van der Waals surface area (Å²) in [5.74, 6) is -0.407. The maximum Gasteiger partial charge on any atom is 0.352 e. The molecule has 0 aliphatic carbocycles. The summed E-state index contributed by atoms with van der Waals surface area (Å²) in [7, 11) is 0. The number of halogens is 1. The van der Waals surface area contributed by atoms with E-state index in [1.54, 1.807) is 20.8 Å². The average Bonchev–Trinajstić information content (AvgIpc) is 2.80. The Hall–Kier alpha value is -1.71. The van der Waals surface area contributed by atoms with Gasteiger partial charge in [-0.05, 0) is 49.8 Å². The Morgan fingerprint density at radius 2 is 2.12 bits per heavy atom. The highest BCUT2D eigenvalue weighted by Gasteiger charge is 2.26. The Kier molecular flexibility index (Phi) is 5.46. The van der Waals surface area contributed by atoms with Crippen LogP contribution in [0.5, 0.6) is 0 Å². The fourth-order valence-electron chi connectivity index (χ4n) is 2.40. The molecule has 0 amide bonds. The highest BCUT2D eigenvalue weighted by Crippen LogP contribution is 2.26. The monoisotopic (exact) mass is 443 g/mol. The number of fused-ring (bicyclic) bond motifs is 1. The third-order valence-electron chi connectivity index (χ3n) is 3.57. The van der Waals surface area contributed by atoms with Crippen LogP contribution in [0.25, 0.3) is 11.0 Å². The molecule has 0 aliphatic rings. The maximum atomic E-state index is 12.2. The van der Waals surface area contributed by atoms with E-state index in [1.807, 2.05) is 17.7 Å². The van der Waals surface area contributed by atoms with Gasteiger partial charge >= 0.3 is 5.97 Å². The zero-order chi connectivity index (χ0) is 18.1. The van der Waals surface area contributed by atoms with Gasteiger partial charge in [0.25, 0.3) is 0 Å². The van der Waals surface area contributed by atoms with Crippen molar-refractivity contribution in [3.05, 3.63) is 16.1 Å². The normalized spacial score (nSPS) is 13.0. The van der Waals surface area contributed by atoms with Crippen LogP contribution in [0.4, 0.5) is 5.82 Å². The van der Waals surface area contributed by atoms with Crippen LogP contribution in [-0.2, 0) is 16.1 Å². The molecule has 130 valence electrons. The molecule has 3 N–H and O–H groups in total. The number of nitrogens with one attached hydrogen (secondary N) is 1. The summed E-state index contributed by atoms with van der Waals surface area (Å²) in [5, 5.41) is 8.99. The van der Waals surface area contributed by atoms with Crippen molar-refractivity contribution < 1.29 is 9.53 Å². The topological polar surface area (TPSA) is 107 Å². The van der Waals surface area contributed by atoms with Crippen LogP contribution in [-0.4, -0.2) is 31.8 Å². The van der Waals surface area contributed by atoms with Crippen molar-refractivity contribution in [1.82, 2.24) is 14.5 Å². The Morgan fingerprint density at radius 1 is 1.46 bits per heavy atom. The molecule has 0 saturated carbocycles. The quantitative estimate of drug-likeness (QED) is 0.420. The van der Waals surface area contributed by atoms with Gasteiger partial charge in [0.15, 0.2) is 0 Å². The first-order chi connectivity index (χ1) is 11.1. The SMILES string of the molecule is CCC(Cn1cc(I)c2c(N)ncnc21)C(=N)C(=O)OC(C)(C)C. The molecule has 2 aromatic rings. The molecule has 1 atom stereocenters.